The molecule has 0 bridgehead atoms. The molecular weight excluding hydrogens is 1740 g/mol. The molecule has 20 N–H and O–H groups in total. The van der Waals surface area contributed by atoms with Crippen molar-refractivity contribution in [2.75, 3.05) is 0 Å². The molecule has 0 aliphatic heterocycles. The van der Waals surface area contributed by atoms with Crippen LogP contribution in [0.5, 0.6) is 0 Å². The fourth-order valence-electron chi connectivity index (χ4n) is 9.14. The van der Waals surface area contributed by atoms with Gasteiger partial charge in [0.05, 0.1) is 0 Å². The maximum atomic E-state index is 5.44. The van der Waals surface area contributed by atoms with E-state index >= 15 is 0 Å². The minimum absolute atomic E-state index is 0.433. The molecule has 0 saturated heterocycles. The van der Waals surface area contributed by atoms with Gasteiger partial charge in [0.15, 0.2) is 0 Å². The third-order valence-electron chi connectivity index (χ3n) is 16.2. The molecule has 121 heavy (non-hydrogen) atoms. The number of thiocarbonyl (C=S) groups is 11. The van der Waals surface area contributed by atoms with E-state index in [4.69, 9.17) is 192 Å². The van der Waals surface area contributed by atoms with Gasteiger partial charge in [-0.05, 0) is 217 Å². The van der Waals surface area contributed by atoms with Crippen molar-refractivity contribution in [1.82, 2.24) is 54.8 Å². The summed E-state index contributed by atoms with van der Waals surface area (Å²) in [4.78, 5) is 50.7. The van der Waals surface area contributed by atoms with Crippen LogP contribution in [0.3, 0.4) is 0 Å². The zero-order chi connectivity index (χ0) is 90.9. The van der Waals surface area contributed by atoms with Crippen molar-refractivity contribution in [2.45, 2.75) is 154 Å². The lowest BCUT2D eigenvalue weighted by atomic mass is 10.2. The average Bonchev–Trinajstić information content (AvgIpc) is 0.990. The molecule has 11 heterocycles. The molecule has 21 nitrogen and oxygen atoms in total. The van der Waals surface area contributed by atoms with Crippen molar-refractivity contribution in [3.63, 3.8) is 0 Å². The van der Waals surface area contributed by atoms with Crippen LogP contribution < -0.4 is 57.3 Å². The number of hydrogen-bond donors (Lipinski definition) is 10. The molecule has 0 radical (unpaired) electrons. The van der Waals surface area contributed by atoms with E-state index in [0.717, 1.165) is 199 Å². The van der Waals surface area contributed by atoms with Crippen LogP contribution in [0.2, 0.25) is 0 Å². The number of nitrogens with zero attached hydrogens (tertiary/aromatic N) is 11. The van der Waals surface area contributed by atoms with Gasteiger partial charge in [0.25, 0.3) is 0 Å². The van der Waals surface area contributed by atoms with Gasteiger partial charge >= 0.3 is 0 Å². The molecule has 0 fully saturated rings. The van der Waals surface area contributed by atoms with E-state index in [-0.39, 0.29) is 0 Å². The van der Waals surface area contributed by atoms with E-state index in [1.54, 1.807) is 62.0 Å². The molecule has 11 aromatic rings. The van der Waals surface area contributed by atoms with Gasteiger partial charge in [-0.25, -0.2) is 0 Å². The first-order chi connectivity index (χ1) is 57.6. The molecule has 32 heteroatoms. The Balaban J connectivity index is 0.000000665. The van der Waals surface area contributed by atoms with Crippen molar-refractivity contribution >= 4 is 189 Å². The molecular formula is C89H111N21S11. The summed E-state index contributed by atoms with van der Waals surface area (Å²) in [7, 11) is 0. The number of hydrogen-bond acceptors (Lipinski definition) is 22. The highest BCUT2D eigenvalue weighted by atomic mass is 34.0. The molecule has 11 rings (SSSR count). The quantitative estimate of drug-likeness (QED) is 0.00990. The molecule has 638 valence electrons. The highest BCUT2D eigenvalue weighted by Gasteiger charge is 2.05. The molecule has 0 aliphatic carbocycles. The van der Waals surface area contributed by atoms with E-state index in [2.05, 4.69) is 61.7 Å². The Bertz CT molecular complexity index is 4070. The van der Waals surface area contributed by atoms with Gasteiger partial charge in [-0.2, -0.15) is 0 Å². The lowest BCUT2D eigenvalue weighted by Gasteiger charge is -1.99. The number of rotatable bonds is 22. The summed E-state index contributed by atoms with van der Waals surface area (Å²) >= 11 is 53.2. The topological polar surface area (TPSA) is 402 Å². The van der Waals surface area contributed by atoms with Crippen LogP contribution in [0.4, 0.5) is 0 Å². The Morgan fingerprint density at radius 2 is 0.298 bits per heavy atom. The number of aromatic nitrogens is 11. The average molecular weight is 1850 g/mol. The van der Waals surface area contributed by atoms with Gasteiger partial charge in [0, 0.05) is 191 Å². The second-order valence-corrected chi connectivity index (χ2v) is 30.0. The van der Waals surface area contributed by atoms with Gasteiger partial charge in [-0.1, -0.05) is 211 Å². The number of aryl methyl sites for hydroxylation is 11. The fraction of sp³-hybridized carbons (Fsp3) is 0.258. The number of nitrogens with two attached hydrogens (primary N) is 10. The molecule has 0 aromatic carbocycles. The zero-order valence-electron chi connectivity index (χ0n) is 70.5. The summed E-state index contributed by atoms with van der Waals surface area (Å²) in [5.74, 6) is 0. The lowest BCUT2D eigenvalue weighted by molar-refractivity contribution is 1.03. The maximum absolute atomic E-state index is 5.44. The van der Waals surface area contributed by atoms with Crippen LogP contribution >= 0.6 is 134 Å². The Morgan fingerprint density at radius 3 is 0.397 bits per heavy atom. The zero-order valence-corrected chi connectivity index (χ0v) is 79.5. The number of pyridine rings is 11. The summed E-state index contributed by atoms with van der Waals surface area (Å²) < 4.78 is 0. The Kier molecular flexibility index (Phi) is 56.3. The summed E-state index contributed by atoms with van der Waals surface area (Å²) in [5, 5.41) is 0. The summed E-state index contributed by atoms with van der Waals surface area (Å²) in [6.07, 6.45) is 29.2. The van der Waals surface area contributed by atoms with E-state index in [1.165, 1.54) is 0 Å². The van der Waals surface area contributed by atoms with Gasteiger partial charge in [0.2, 0.25) is 0 Å². The van der Waals surface area contributed by atoms with Crippen LogP contribution in [-0.2, 0) is 70.6 Å². The Morgan fingerprint density at radius 1 is 0.198 bits per heavy atom. The SMILES string of the molecule is CCc1cc(C(N)=[33S])ccn1.CCc1cc(C(N)=[34S])ccn1.CCc1cc(C([15NH2])=S)ccn1.CCc1cc(C([15NH2])=[33S])ccn1.CCc1cc(C([15NH2])=[34S])ccn1.CCc1cc([13C](C)=[33S])ccn1.CCc1cc([13C](N)=S)ccn1.CCc1cc([13C](N)=[33S])ccn1.CCc1cc([13C](N)=[34S])ccn1.CCc1cc([13C]([15NH2])=S)ccn1.CCc1cc([13C]([15NH2])=[34S])ccn1. The van der Waals surface area contributed by atoms with Crippen LogP contribution in [0.25, 0.3) is 0 Å². The minimum Gasteiger partial charge on any atom is -0.389 e. The second-order valence-electron chi connectivity index (χ2n) is 25.0. The van der Waals surface area contributed by atoms with Crippen molar-refractivity contribution in [3.8, 4) is 0 Å². The van der Waals surface area contributed by atoms with Crippen molar-refractivity contribution in [1.29, 1.82) is 0 Å². The van der Waals surface area contributed by atoms with Gasteiger partial charge < -0.3 is 57.3 Å². The highest BCUT2D eigenvalue weighted by molar-refractivity contribution is 7.82. The predicted octanol–water partition coefficient (Wildman–Crippen LogP) is 15.2. The summed E-state index contributed by atoms with van der Waals surface area (Å²) in [6, 6.07) is 41.4. The smallest absolute Gasteiger partial charge is 0.104 e. The van der Waals surface area contributed by atoms with Crippen molar-refractivity contribution in [3.05, 3.63) is 325 Å². The van der Waals surface area contributed by atoms with Crippen LogP contribution in [0, 0.1) is 0 Å². The molecule has 0 amide bonds. The fourth-order valence-corrected chi connectivity index (χ4v) is 10.5. The molecule has 0 saturated carbocycles. The van der Waals surface area contributed by atoms with E-state index in [9.17, 15) is 0 Å². The highest BCUT2D eigenvalue weighted by Crippen LogP contribution is 2.11. The second kappa shape index (κ2) is 62.7. The largest absolute Gasteiger partial charge is 0.389 e. The normalized spacial score (nSPS) is 9.55. The van der Waals surface area contributed by atoms with Gasteiger partial charge in [-0.3, -0.25) is 54.8 Å². The Labute approximate surface area is 773 Å². The first-order valence-electron chi connectivity index (χ1n) is 38.5. The summed E-state index contributed by atoms with van der Waals surface area (Å²) in [6.45, 7) is 24.5. The first kappa shape index (κ1) is 109. The molecule has 0 aliphatic rings. The maximum Gasteiger partial charge on any atom is 0.104 e. The molecule has 0 atom stereocenters. The van der Waals surface area contributed by atoms with Crippen molar-refractivity contribution < 1.29 is 0 Å². The van der Waals surface area contributed by atoms with E-state index in [1.807, 2.05) is 216 Å². The van der Waals surface area contributed by atoms with Gasteiger partial charge in [-0.15, -0.1) is 0 Å². The molecule has 11 aromatic heterocycles. The van der Waals surface area contributed by atoms with Crippen LogP contribution in [0.1, 0.15) is 207 Å². The monoisotopic (exact) mass is 1850 g/mol. The standard InChI is InChI=1S/C9H11NS.10C8H10N2S/c1-3-9-6-8(7(2)11)4-5-10-9;10*1-2-7-5-6(8(9)11)3-4-10-7/h4-6H,3H2,1-2H3;10*3-5H,2H2,1H3,(H2,9,11)/i7+1,11+1;8+1,9+1,11+2;9+1,11+2;9+1,11+1;8+1,11+2;8+1,11+1;8+1,9+1;11+2;11+1;9+1;8+1. The third kappa shape index (κ3) is 46.3. The predicted molar refractivity (Wildman–Crippen MR) is 546 cm³/mol. The third-order valence-corrected chi connectivity index (χ3v) is 18.8. The van der Waals surface area contributed by atoms with Crippen LogP contribution in [0.15, 0.2) is 202 Å². The molecule has 0 unspecified atom stereocenters. The molecule has 0 spiro atoms. The Hall–Kier alpha value is -10.4. The van der Waals surface area contributed by atoms with Gasteiger partial charge in [0.1, 0.15) is 49.9 Å². The van der Waals surface area contributed by atoms with Crippen molar-refractivity contribution in [2.24, 2.45) is 57.3 Å². The summed E-state index contributed by atoms with van der Waals surface area (Å²) in [5.41, 5.74) is 75.8. The first-order valence-corrected chi connectivity index (χ1v) is 43.0. The minimum atomic E-state index is 0.433. The van der Waals surface area contributed by atoms with Crippen LogP contribution in [-0.4, -0.2) is 110 Å². The lowest BCUT2D eigenvalue weighted by Crippen LogP contribution is -2.09. The van der Waals surface area contributed by atoms with E-state index in [0.29, 0.717) is 49.9 Å². The van der Waals surface area contributed by atoms with E-state index < -0.39 is 0 Å².